The van der Waals surface area contributed by atoms with Gasteiger partial charge in [-0.3, -0.25) is 0 Å². The summed E-state index contributed by atoms with van der Waals surface area (Å²) >= 11 is 12.7. The number of hydrogen-bond donors (Lipinski definition) is 3. The van der Waals surface area contributed by atoms with Crippen LogP contribution in [0.3, 0.4) is 0 Å². The first-order valence-corrected chi connectivity index (χ1v) is 13.5. The number of benzene rings is 1. The SMILES string of the molecule is SCSSc1ccc(SSCS)c(SSCS)c1. The van der Waals surface area contributed by atoms with Gasteiger partial charge in [0.15, 0.2) is 0 Å². The van der Waals surface area contributed by atoms with Crippen molar-refractivity contribution < 1.29 is 0 Å². The monoisotopic (exact) mass is 408 g/mol. The molecule has 0 radical (unpaired) electrons. The summed E-state index contributed by atoms with van der Waals surface area (Å²) in [5.41, 5.74) is 0. The Bertz CT molecular complexity index is 343. The molecule has 0 aliphatic rings. The Morgan fingerprint density at radius 1 is 0.722 bits per heavy atom. The fraction of sp³-hybridized carbons (Fsp3) is 0.333. The minimum atomic E-state index is 0.817. The van der Waals surface area contributed by atoms with E-state index in [9.17, 15) is 0 Å². The van der Waals surface area contributed by atoms with Gasteiger partial charge in [0.25, 0.3) is 0 Å². The van der Waals surface area contributed by atoms with Gasteiger partial charge in [-0.15, -0.1) is 0 Å². The van der Waals surface area contributed by atoms with E-state index in [1.54, 1.807) is 64.8 Å². The standard InChI is InChI=1S/C9H12S9/c10-4-13-16-7-1-2-8(17-14-5-11)9(3-7)18-15-6-12/h1-3,10-12H,4-6H2. The molecule has 1 aromatic carbocycles. The Kier molecular flexibility index (Phi) is 12.2. The van der Waals surface area contributed by atoms with Crippen LogP contribution in [0.25, 0.3) is 0 Å². The van der Waals surface area contributed by atoms with Gasteiger partial charge < -0.3 is 0 Å². The smallest absolute Gasteiger partial charge is 0.0469 e. The molecular formula is C9H12S9. The fourth-order valence-electron chi connectivity index (χ4n) is 0.948. The molecule has 0 bridgehead atoms. The van der Waals surface area contributed by atoms with Crippen LogP contribution in [-0.4, -0.2) is 15.3 Å². The Hall–Kier alpha value is 2.37. The van der Waals surface area contributed by atoms with E-state index in [4.69, 9.17) is 0 Å². The molecule has 0 saturated heterocycles. The molecule has 0 heterocycles. The zero-order valence-corrected chi connectivity index (χ0v) is 16.7. The average Bonchev–Trinajstić information content (AvgIpc) is 2.41. The highest BCUT2D eigenvalue weighted by Gasteiger charge is 2.07. The van der Waals surface area contributed by atoms with Crippen LogP contribution >= 0.6 is 103 Å². The Balaban J connectivity index is 2.74. The molecule has 0 atom stereocenters. The third-order valence-corrected chi connectivity index (χ3v) is 10.3. The van der Waals surface area contributed by atoms with Crippen LogP contribution in [0, 0.1) is 0 Å². The molecule has 18 heavy (non-hydrogen) atoms. The van der Waals surface area contributed by atoms with Gasteiger partial charge in [0.2, 0.25) is 0 Å². The van der Waals surface area contributed by atoms with E-state index in [0.29, 0.717) is 0 Å². The third-order valence-electron chi connectivity index (χ3n) is 1.53. The van der Waals surface area contributed by atoms with E-state index in [1.165, 1.54) is 14.7 Å². The average molecular weight is 409 g/mol. The first kappa shape index (κ1) is 18.4. The fourth-order valence-corrected chi connectivity index (χ4v) is 7.25. The summed E-state index contributed by atoms with van der Waals surface area (Å²) < 4.78 is 0. The van der Waals surface area contributed by atoms with Gasteiger partial charge in [-0.2, -0.15) is 37.9 Å². The highest BCUT2D eigenvalue weighted by Crippen LogP contribution is 2.45. The molecular weight excluding hydrogens is 397 g/mol. The number of hydrogen-bond acceptors (Lipinski definition) is 9. The second kappa shape index (κ2) is 12.0. The molecule has 0 nitrogen and oxygen atoms in total. The first-order chi connectivity index (χ1) is 8.81. The Labute approximate surface area is 149 Å². The molecule has 0 spiro atoms. The van der Waals surface area contributed by atoms with Gasteiger partial charge in [-0.1, -0.05) is 64.8 Å². The van der Waals surface area contributed by atoms with Crippen LogP contribution in [0.15, 0.2) is 32.9 Å². The lowest BCUT2D eigenvalue weighted by Crippen LogP contribution is -1.78. The maximum absolute atomic E-state index is 4.24. The van der Waals surface area contributed by atoms with Crippen molar-refractivity contribution in [2.24, 2.45) is 0 Å². The molecule has 0 aromatic heterocycles. The topological polar surface area (TPSA) is 0 Å². The second-order valence-corrected chi connectivity index (χ2v) is 11.9. The van der Waals surface area contributed by atoms with Crippen molar-refractivity contribution in [3.63, 3.8) is 0 Å². The Morgan fingerprint density at radius 3 is 1.89 bits per heavy atom. The summed E-state index contributed by atoms with van der Waals surface area (Å²) in [5.74, 6) is 0. The van der Waals surface area contributed by atoms with Gasteiger partial charge in [0, 0.05) is 29.9 Å². The summed E-state index contributed by atoms with van der Waals surface area (Å²) in [6, 6.07) is 6.59. The molecule has 1 rings (SSSR count). The third kappa shape index (κ3) is 7.40. The molecule has 102 valence electrons. The molecule has 9 heteroatoms. The summed E-state index contributed by atoms with van der Waals surface area (Å²) in [4.78, 5) is 3.88. The summed E-state index contributed by atoms with van der Waals surface area (Å²) in [5, 5.41) is 2.46. The maximum atomic E-state index is 4.24. The first-order valence-electron chi connectivity index (χ1n) is 4.67. The molecule has 0 saturated carbocycles. The van der Waals surface area contributed by atoms with E-state index >= 15 is 0 Å². The van der Waals surface area contributed by atoms with Crippen molar-refractivity contribution in [1.82, 2.24) is 0 Å². The number of rotatable bonds is 9. The van der Waals surface area contributed by atoms with Crippen LogP contribution in [0.5, 0.6) is 0 Å². The maximum Gasteiger partial charge on any atom is 0.0469 e. The minimum absolute atomic E-state index is 0.817. The van der Waals surface area contributed by atoms with Crippen molar-refractivity contribution >= 4 is 103 Å². The van der Waals surface area contributed by atoms with Crippen molar-refractivity contribution in [2.45, 2.75) is 14.7 Å². The summed E-state index contributed by atoms with van der Waals surface area (Å²) in [7, 11) is 10.6. The summed E-state index contributed by atoms with van der Waals surface area (Å²) in [6.45, 7) is 0. The molecule has 0 N–H and O–H groups in total. The summed E-state index contributed by atoms with van der Waals surface area (Å²) in [6.07, 6.45) is 0. The molecule has 0 amide bonds. The van der Waals surface area contributed by atoms with E-state index in [-0.39, 0.29) is 0 Å². The lowest BCUT2D eigenvalue weighted by molar-refractivity contribution is 1.20. The number of thiol groups is 3. The van der Waals surface area contributed by atoms with E-state index in [1.807, 2.05) is 0 Å². The highest BCUT2D eigenvalue weighted by molar-refractivity contribution is 8.79. The van der Waals surface area contributed by atoms with E-state index in [2.05, 4.69) is 56.1 Å². The van der Waals surface area contributed by atoms with Gasteiger partial charge in [-0.05, 0) is 18.2 Å². The van der Waals surface area contributed by atoms with Crippen LogP contribution < -0.4 is 0 Å². The quantitative estimate of drug-likeness (QED) is 0.238. The van der Waals surface area contributed by atoms with Crippen LogP contribution in [-0.2, 0) is 0 Å². The molecule has 0 aliphatic carbocycles. The second-order valence-electron chi connectivity index (χ2n) is 2.60. The van der Waals surface area contributed by atoms with Crippen LogP contribution in [0.1, 0.15) is 0 Å². The molecule has 0 unspecified atom stereocenters. The predicted octanol–water partition coefficient (Wildman–Crippen LogP) is 6.57. The van der Waals surface area contributed by atoms with E-state index < -0.39 is 0 Å². The largest absolute Gasteiger partial charge is 0.167 e. The van der Waals surface area contributed by atoms with Gasteiger partial charge in [-0.25, -0.2) is 0 Å². The molecule has 1 aromatic rings. The molecule has 0 aliphatic heterocycles. The van der Waals surface area contributed by atoms with Crippen molar-refractivity contribution in [3.8, 4) is 0 Å². The van der Waals surface area contributed by atoms with Gasteiger partial charge >= 0.3 is 0 Å². The normalized spacial score (nSPS) is 10.8. The van der Waals surface area contributed by atoms with Gasteiger partial charge in [0.05, 0.1) is 0 Å². The zero-order chi connectivity index (χ0) is 13.2. The van der Waals surface area contributed by atoms with Crippen LogP contribution in [0.2, 0.25) is 0 Å². The van der Waals surface area contributed by atoms with Crippen molar-refractivity contribution in [2.75, 3.05) is 15.3 Å². The predicted molar refractivity (Wildman–Crippen MR) is 108 cm³/mol. The highest BCUT2D eigenvalue weighted by atomic mass is 33.1. The lowest BCUT2D eigenvalue weighted by atomic mass is 10.4. The van der Waals surface area contributed by atoms with Gasteiger partial charge in [0.1, 0.15) is 0 Å². The van der Waals surface area contributed by atoms with Crippen molar-refractivity contribution in [1.29, 1.82) is 0 Å². The molecule has 0 fully saturated rings. The zero-order valence-electron chi connectivity index (χ0n) is 9.14. The van der Waals surface area contributed by atoms with E-state index in [0.717, 1.165) is 15.3 Å². The Morgan fingerprint density at radius 2 is 1.28 bits per heavy atom. The lowest BCUT2D eigenvalue weighted by Gasteiger charge is -2.09. The minimum Gasteiger partial charge on any atom is -0.167 e. The van der Waals surface area contributed by atoms with Crippen molar-refractivity contribution in [3.05, 3.63) is 18.2 Å². The van der Waals surface area contributed by atoms with Crippen LogP contribution in [0.4, 0.5) is 0 Å².